The van der Waals surface area contributed by atoms with E-state index >= 15 is 0 Å². The Morgan fingerprint density at radius 2 is 2.29 bits per heavy atom. The zero-order valence-corrected chi connectivity index (χ0v) is 6.94. The van der Waals surface area contributed by atoms with E-state index in [9.17, 15) is 4.39 Å². The summed E-state index contributed by atoms with van der Waals surface area (Å²) in [4.78, 5) is 7.18. The summed E-state index contributed by atoms with van der Waals surface area (Å²) < 4.78 is 18.4. The molecule has 0 saturated heterocycles. The van der Waals surface area contributed by atoms with Crippen LogP contribution in [-0.4, -0.2) is 9.97 Å². The molecule has 2 aromatic rings. The van der Waals surface area contributed by atoms with Crippen molar-refractivity contribution in [2.45, 2.75) is 0 Å². The fraction of sp³-hybridized carbons (Fsp3) is 0. The van der Waals surface area contributed by atoms with Crippen LogP contribution >= 0.6 is 0 Å². The van der Waals surface area contributed by atoms with E-state index in [1.807, 2.05) is 0 Å². The summed E-state index contributed by atoms with van der Waals surface area (Å²) in [5, 5.41) is 8.53. The van der Waals surface area contributed by atoms with E-state index in [1.165, 1.54) is 6.26 Å². The monoisotopic (exact) mass is 189 g/mol. The van der Waals surface area contributed by atoms with Crippen LogP contribution in [0.3, 0.4) is 0 Å². The van der Waals surface area contributed by atoms with Gasteiger partial charge in [0.2, 0.25) is 0 Å². The molecule has 0 spiro atoms. The van der Waals surface area contributed by atoms with Crippen LogP contribution in [0, 0.1) is 17.1 Å². The lowest BCUT2D eigenvalue weighted by Gasteiger charge is -1.97. The van der Waals surface area contributed by atoms with Crippen molar-refractivity contribution in [1.29, 1.82) is 5.26 Å². The molecule has 0 bridgehead atoms. The largest absolute Gasteiger partial charge is 0.463 e. The van der Waals surface area contributed by atoms with Gasteiger partial charge in [0.05, 0.1) is 6.26 Å². The van der Waals surface area contributed by atoms with Crippen LogP contribution in [0.4, 0.5) is 4.39 Å². The molecule has 14 heavy (non-hydrogen) atoms. The van der Waals surface area contributed by atoms with Gasteiger partial charge in [-0.15, -0.1) is 0 Å². The van der Waals surface area contributed by atoms with Gasteiger partial charge in [0, 0.05) is 0 Å². The Balaban J connectivity index is 2.61. The highest BCUT2D eigenvalue weighted by Crippen LogP contribution is 2.21. The Hall–Kier alpha value is -2.22. The van der Waals surface area contributed by atoms with Gasteiger partial charge in [-0.2, -0.15) is 5.26 Å². The fourth-order valence-corrected chi connectivity index (χ4v) is 1.03. The molecule has 2 rings (SSSR count). The molecule has 4 nitrogen and oxygen atoms in total. The van der Waals surface area contributed by atoms with Crippen LogP contribution in [0.2, 0.25) is 0 Å². The van der Waals surface area contributed by atoms with Gasteiger partial charge in [-0.1, -0.05) is 0 Å². The Labute approximate surface area is 78.6 Å². The third-order valence-corrected chi connectivity index (χ3v) is 1.65. The van der Waals surface area contributed by atoms with Crippen LogP contribution in [0.5, 0.6) is 0 Å². The summed E-state index contributed by atoms with van der Waals surface area (Å²) in [7, 11) is 0. The maximum absolute atomic E-state index is 13.4. The number of aromatic nitrogens is 2. The maximum Gasteiger partial charge on any atom is 0.189 e. The molecule has 2 heterocycles. The van der Waals surface area contributed by atoms with Crippen molar-refractivity contribution in [1.82, 2.24) is 9.97 Å². The quantitative estimate of drug-likeness (QED) is 0.685. The zero-order chi connectivity index (χ0) is 9.97. The number of furan rings is 1. The predicted molar refractivity (Wildman–Crippen MR) is 44.4 cm³/mol. The Kier molecular flexibility index (Phi) is 1.95. The van der Waals surface area contributed by atoms with Crippen molar-refractivity contribution < 1.29 is 8.81 Å². The number of halogens is 1. The van der Waals surface area contributed by atoms with Crippen LogP contribution in [0.15, 0.2) is 29.1 Å². The molecule has 0 unspecified atom stereocenters. The Morgan fingerprint density at radius 1 is 1.43 bits per heavy atom. The summed E-state index contributed by atoms with van der Waals surface area (Å²) in [5.74, 6) is -0.480. The second-order valence-electron chi connectivity index (χ2n) is 2.47. The molecule has 0 N–H and O–H groups in total. The van der Waals surface area contributed by atoms with Gasteiger partial charge < -0.3 is 4.42 Å². The van der Waals surface area contributed by atoms with Crippen LogP contribution < -0.4 is 0 Å². The third-order valence-electron chi connectivity index (χ3n) is 1.65. The SMILES string of the molecule is N#Cc1ncnc(-c2ccco2)c1F. The smallest absolute Gasteiger partial charge is 0.189 e. The molecule has 5 heteroatoms. The van der Waals surface area contributed by atoms with Gasteiger partial charge >= 0.3 is 0 Å². The zero-order valence-electron chi connectivity index (χ0n) is 6.94. The van der Waals surface area contributed by atoms with Crippen LogP contribution in [0.25, 0.3) is 11.5 Å². The molecule has 0 amide bonds. The molecule has 0 atom stereocenters. The third kappa shape index (κ3) is 1.23. The molecule has 0 saturated carbocycles. The first-order valence-electron chi connectivity index (χ1n) is 3.77. The second-order valence-corrected chi connectivity index (χ2v) is 2.47. The molecule has 0 aliphatic heterocycles. The molecule has 0 fully saturated rings. The molecular formula is C9H4FN3O. The molecule has 0 aliphatic rings. The normalized spacial score (nSPS) is 9.71. The Bertz CT molecular complexity index is 487. The first kappa shape index (κ1) is 8.38. The average molecular weight is 189 g/mol. The van der Waals surface area contributed by atoms with Crippen molar-refractivity contribution in [3.63, 3.8) is 0 Å². The lowest BCUT2D eigenvalue weighted by atomic mass is 10.2. The van der Waals surface area contributed by atoms with Crippen molar-refractivity contribution in [2.75, 3.05) is 0 Å². The van der Waals surface area contributed by atoms with E-state index in [2.05, 4.69) is 9.97 Å². The van der Waals surface area contributed by atoms with E-state index in [1.54, 1.807) is 18.2 Å². The van der Waals surface area contributed by atoms with E-state index in [0.29, 0.717) is 0 Å². The summed E-state index contributed by atoms with van der Waals surface area (Å²) in [6, 6.07) is 4.81. The molecule has 0 aliphatic carbocycles. The van der Waals surface area contributed by atoms with Crippen LogP contribution in [-0.2, 0) is 0 Å². The lowest BCUT2D eigenvalue weighted by molar-refractivity contribution is 0.560. The van der Waals surface area contributed by atoms with Gasteiger partial charge in [0.1, 0.15) is 18.1 Å². The molecule has 68 valence electrons. The number of hydrogen-bond acceptors (Lipinski definition) is 4. The minimum Gasteiger partial charge on any atom is -0.463 e. The number of hydrogen-bond donors (Lipinski definition) is 0. The van der Waals surface area contributed by atoms with Crippen molar-refractivity contribution >= 4 is 0 Å². The van der Waals surface area contributed by atoms with Gasteiger partial charge in [0.15, 0.2) is 17.3 Å². The van der Waals surface area contributed by atoms with Crippen molar-refractivity contribution in [2.24, 2.45) is 0 Å². The number of rotatable bonds is 1. The molecule has 0 radical (unpaired) electrons. The summed E-state index contributed by atoms with van der Waals surface area (Å²) in [5.41, 5.74) is -0.284. The van der Waals surface area contributed by atoms with E-state index in [-0.39, 0.29) is 17.1 Å². The summed E-state index contributed by atoms with van der Waals surface area (Å²) >= 11 is 0. The topological polar surface area (TPSA) is 62.7 Å². The van der Waals surface area contributed by atoms with Gasteiger partial charge in [-0.25, -0.2) is 14.4 Å². The minimum absolute atomic E-state index is 0.00144. The van der Waals surface area contributed by atoms with Gasteiger partial charge in [0.25, 0.3) is 0 Å². The number of nitriles is 1. The standard InChI is InChI=1S/C9H4FN3O/c10-8-6(4-11)12-5-13-9(8)7-2-1-3-14-7/h1-3,5H. The first-order chi connectivity index (χ1) is 6.83. The first-order valence-corrected chi connectivity index (χ1v) is 3.77. The predicted octanol–water partition coefficient (Wildman–Crippen LogP) is 1.75. The maximum atomic E-state index is 13.4. The summed E-state index contributed by atoms with van der Waals surface area (Å²) in [6.45, 7) is 0. The average Bonchev–Trinajstić information content (AvgIpc) is 2.71. The van der Waals surface area contributed by atoms with Crippen molar-refractivity contribution in [3.8, 4) is 17.5 Å². The molecule has 2 aromatic heterocycles. The minimum atomic E-state index is -0.759. The van der Waals surface area contributed by atoms with Gasteiger partial charge in [-0.05, 0) is 12.1 Å². The highest BCUT2D eigenvalue weighted by atomic mass is 19.1. The highest BCUT2D eigenvalue weighted by Gasteiger charge is 2.13. The molecular weight excluding hydrogens is 185 g/mol. The molecule has 0 aromatic carbocycles. The fourth-order valence-electron chi connectivity index (χ4n) is 1.03. The van der Waals surface area contributed by atoms with E-state index in [4.69, 9.17) is 9.68 Å². The highest BCUT2D eigenvalue weighted by molar-refractivity contribution is 5.54. The Morgan fingerprint density at radius 3 is 2.93 bits per heavy atom. The lowest BCUT2D eigenvalue weighted by Crippen LogP contribution is -1.95. The van der Waals surface area contributed by atoms with Crippen LogP contribution in [0.1, 0.15) is 5.69 Å². The van der Waals surface area contributed by atoms with E-state index < -0.39 is 5.82 Å². The summed E-state index contributed by atoms with van der Waals surface area (Å²) in [6.07, 6.45) is 2.53. The second kappa shape index (κ2) is 3.26. The van der Waals surface area contributed by atoms with Gasteiger partial charge in [-0.3, -0.25) is 0 Å². The van der Waals surface area contributed by atoms with Crippen molar-refractivity contribution in [3.05, 3.63) is 36.2 Å². The number of nitrogens with zero attached hydrogens (tertiary/aromatic N) is 3. The van der Waals surface area contributed by atoms with E-state index in [0.717, 1.165) is 6.33 Å².